The number of benzene rings is 3. The largest absolute Gasteiger partial charge is 0.497 e. The Balaban J connectivity index is 1.89. The Labute approximate surface area is 147 Å². The van der Waals surface area contributed by atoms with E-state index in [2.05, 4.69) is 60.7 Å². The lowest BCUT2D eigenvalue weighted by Crippen LogP contribution is -1.97. The summed E-state index contributed by atoms with van der Waals surface area (Å²) in [5.41, 5.74) is 5.68. The zero-order valence-electron chi connectivity index (χ0n) is 14.1. The van der Waals surface area contributed by atoms with Crippen LogP contribution in [0.5, 0.6) is 5.75 Å². The van der Waals surface area contributed by atoms with Crippen molar-refractivity contribution in [1.29, 1.82) is 0 Å². The van der Waals surface area contributed by atoms with Gasteiger partial charge in [0.1, 0.15) is 5.75 Å². The van der Waals surface area contributed by atoms with E-state index < -0.39 is 0 Å². The van der Waals surface area contributed by atoms with Crippen molar-refractivity contribution in [2.45, 2.75) is 6.42 Å². The zero-order valence-corrected chi connectivity index (χ0v) is 14.1. The van der Waals surface area contributed by atoms with Gasteiger partial charge in [-0.2, -0.15) is 0 Å². The summed E-state index contributed by atoms with van der Waals surface area (Å²) in [6, 6.07) is 29.2. The van der Waals surface area contributed by atoms with Crippen LogP contribution in [0.1, 0.15) is 11.3 Å². The van der Waals surface area contributed by atoms with Crippen molar-refractivity contribution in [1.82, 2.24) is 4.98 Å². The van der Waals surface area contributed by atoms with Crippen molar-refractivity contribution in [3.63, 3.8) is 0 Å². The highest BCUT2D eigenvalue weighted by Gasteiger charge is 2.10. The van der Waals surface area contributed by atoms with Gasteiger partial charge in [-0.3, -0.25) is 4.98 Å². The molecule has 0 aliphatic rings. The van der Waals surface area contributed by atoms with E-state index in [1.165, 1.54) is 16.7 Å². The van der Waals surface area contributed by atoms with E-state index in [9.17, 15) is 0 Å². The fourth-order valence-corrected chi connectivity index (χ4v) is 3.11. The minimum atomic E-state index is 0.804. The van der Waals surface area contributed by atoms with Crippen molar-refractivity contribution in [2.75, 3.05) is 7.11 Å². The lowest BCUT2D eigenvalue weighted by Gasteiger charge is -2.12. The average molecular weight is 325 g/mol. The van der Waals surface area contributed by atoms with Crippen LogP contribution in [0.2, 0.25) is 0 Å². The van der Waals surface area contributed by atoms with Gasteiger partial charge in [0.2, 0.25) is 0 Å². The molecule has 0 atom stereocenters. The van der Waals surface area contributed by atoms with Crippen LogP contribution in [0.25, 0.3) is 22.0 Å². The molecule has 0 aliphatic carbocycles. The Morgan fingerprint density at radius 3 is 2.24 bits per heavy atom. The van der Waals surface area contributed by atoms with Gasteiger partial charge in [0.05, 0.1) is 18.3 Å². The van der Waals surface area contributed by atoms with E-state index >= 15 is 0 Å². The Bertz CT molecular complexity index is 994. The molecule has 1 heterocycles. The van der Waals surface area contributed by atoms with E-state index in [1.807, 2.05) is 24.3 Å². The maximum atomic E-state index is 5.36. The molecule has 1 aromatic heterocycles. The number of hydrogen-bond acceptors (Lipinski definition) is 2. The van der Waals surface area contributed by atoms with Gasteiger partial charge in [-0.15, -0.1) is 0 Å². The SMILES string of the molecule is COc1ccc2cc(-c3ccccc3)c(Cc3ccccc3)nc2c1. The van der Waals surface area contributed by atoms with Crippen molar-refractivity contribution in [2.24, 2.45) is 0 Å². The normalized spacial score (nSPS) is 10.8. The van der Waals surface area contributed by atoms with E-state index in [0.717, 1.165) is 28.8 Å². The summed E-state index contributed by atoms with van der Waals surface area (Å²) in [6.45, 7) is 0. The first-order valence-electron chi connectivity index (χ1n) is 8.40. The lowest BCUT2D eigenvalue weighted by atomic mass is 9.97. The van der Waals surface area contributed by atoms with Crippen molar-refractivity contribution in [3.8, 4) is 16.9 Å². The minimum Gasteiger partial charge on any atom is -0.497 e. The molecule has 0 N–H and O–H groups in total. The molecule has 0 fully saturated rings. The van der Waals surface area contributed by atoms with Crippen molar-refractivity contribution in [3.05, 3.63) is 96.2 Å². The molecule has 0 saturated carbocycles. The number of aromatic nitrogens is 1. The summed E-state index contributed by atoms with van der Waals surface area (Å²) in [4.78, 5) is 4.98. The van der Waals surface area contributed by atoms with Crippen LogP contribution in [0, 0.1) is 0 Å². The summed E-state index contributed by atoms with van der Waals surface area (Å²) < 4.78 is 5.36. The lowest BCUT2D eigenvalue weighted by molar-refractivity contribution is 0.415. The maximum Gasteiger partial charge on any atom is 0.121 e. The fraction of sp³-hybridized carbons (Fsp3) is 0.0870. The molecular formula is C23H19NO. The Morgan fingerprint density at radius 2 is 1.52 bits per heavy atom. The topological polar surface area (TPSA) is 22.1 Å². The second-order valence-electron chi connectivity index (χ2n) is 6.07. The number of pyridine rings is 1. The molecule has 4 aromatic rings. The Kier molecular flexibility index (Phi) is 4.17. The van der Waals surface area contributed by atoms with Gasteiger partial charge in [-0.25, -0.2) is 0 Å². The first-order chi connectivity index (χ1) is 12.3. The Morgan fingerprint density at radius 1 is 0.800 bits per heavy atom. The number of nitrogens with zero attached hydrogens (tertiary/aromatic N) is 1. The Hall–Kier alpha value is -3.13. The van der Waals surface area contributed by atoms with Crippen LogP contribution in [-0.2, 0) is 6.42 Å². The molecule has 3 aromatic carbocycles. The van der Waals surface area contributed by atoms with E-state index in [-0.39, 0.29) is 0 Å². The van der Waals surface area contributed by atoms with E-state index in [1.54, 1.807) is 7.11 Å². The zero-order chi connectivity index (χ0) is 17.1. The minimum absolute atomic E-state index is 0.804. The summed E-state index contributed by atoms with van der Waals surface area (Å²) >= 11 is 0. The second kappa shape index (κ2) is 6.78. The molecule has 2 nitrogen and oxygen atoms in total. The summed E-state index contributed by atoms with van der Waals surface area (Å²) in [5, 5.41) is 1.12. The number of rotatable bonds is 4. The summed E-state index contributed by atoms with van der Waals surface area (Å²) in [5.74, 6) is 0.832. The van der Waals surface area contributed by atoms with Crippen LogP contribution in [0.3, 0.4) is 0 Å². The molecule has 0 unspecified atom stereocenters. The van der Waals surface area contributed by atoms with Crippen molar-refractivity contribution >= 4 is 10.9 Å². The molecule has 0 aliphatic heterocycles. The molecule has 0 saturated heterocycles. The van der Waals surface area contributed by atoms with Crippen LogP contribution < -0.4 is 4.74 Å². The van der Waals surface area contributed by atoms with Gasteiger partial charge in [0.25, 0.3) is 0 Å². The molecule has 2 heteroatoms. The quantitative estimate of drug-likeness (QED) is 0.494. The van der Waals surface area contributed by atoms with Crippen LogP contribution in [0.15, 0.2) is 84.9 Å². The second-order valence-corrected chi connectivity index (χ2v) is 6.07. The predicted octanol–water partition coefficient (Wildman–Crippen LogP) is 5.50. The number of fused-ring (bicyclic) bond motifs is 1. The molecule has 0 amide bonds. The van der Waals surface area contributed by atoms with Gasteiger partial charge in [0, 0.05) is 23.4 Å². The highest BCUT2D eigenvalue weighted by atomic mass is 16.5. The van der Waals surface area contributed by atoms with Gasteiger partial charge >= 0.3 is 0 Å². The number of hydrogen-bond donors (Lipinski definition) is 0. The van der Waals surface area contributed by atoms with Gasteiger partial charge in [-0.1, -0.05) is 60.7 Å². The van der Waals surface area contributed by atoms with E-state index in [0.29, 0.717) is 0 Å². The molecular weight excluding hydrogens is 306 g/mol. The third-order valence-electron chi connectivity index (χ3n) is 4.40. The molecule has 4 rings (SSSR count). The highest BCUT2D eigenvalue weighted by molar-refractivity contribution is 5.86. The third-order valence-corrected chi connectivity index (χ3v) is 4.40. The van der Waals surface area contributed by atoms with Gasteiger partial charge in [-0.05, 0) is 29.3 Å². The van der Waals surface area contributed by atoms with Gasteiger partial charge in [0.15, 0.2) is 0 Å². The molecule has 0 bridgehead atoms. The average Bonchev–Trinajstić information content (AvgIpc) is 2.68. The molecule has 0 spiro atoms. The molecule has 0 radical (unpaired) electrons. The monoisotopic (exact) mass is 325 g/mol. The standard InChI is InChI=1S/C23H19NO/c1-25-20-13-12-19-15-21(18-10-6-3-7-11-18)23(24-22(19)16-20)14-17-8-4-2-5-9-17/h2-13,15-16H,14H2,1H3. The maximum absolute atomic E-state index is 5.36. The fourth-order valence-electron chi connectivity index (χ4n) is 3.11. The van der Waals surface area contributed by atoms with E-state index in [4.69, 9.17) is 9.72 Å². The predicted molar refractivity (Wildman–Crippen MR) is 103 cm³/mol. The first kappa shape index (κ1) is 15.4. The smallest absolute Gasteiger partial charge is 0.121 e. The van der Waals surface area contributed by atoms with Crippen LogP contribution >= 0.6 is 0 Å². The van der Waals surface area contributed by atoms with Crippen LogP contribution in [-0.4, -0.2) is 12.1 Å². The molecule has 122 valence electrons. The number of ether oxygens (including phenoxy) is 1. The highest BCUT2D eigenvalue weighted by Crippen LogP contribution is 2.29. The van der Waals surface area contributed by atoms with Gasteiger partial charge < -0.3 is 4.74 Å². The molecule has 25 heavy (non-hydrogen) atoms. The first-order valence-corrected chi connectivity index (χ1v) is 8.40. The van der Waals surface area contributed by atoms with Crippen molar-refractivity contribution < 1.29 is 4.74 Å². The number of methoxy groups -OCH3 is 1. The third kappa shape index (κ3) is 3.24. The van der Waals surface area contributed by atoms with Crippen LogP contribution in [0.4, 0.5) is 0 Å². The summed E-state index contributed by atoms with van der Waals surface area (Å²) in [7, 11) is 1.68. The summed E-state index contributed by atoms with van der Waals surface area (Å²) in [6.07, 6.45) is 0.804.